The van der Waals surface area contributed by atoms with E-state index in [9.17, 15) is 0 Å². The Morgan fingerprint density at radius 1 is 0.778 bits per heavy atom. The summed E-state index contributed by atoms with van der Waals surface area (Å²) in [7, 11) is 0. The molecule has 4 nitrogen and oxygen atoms in total. The van der Waals surface area contributed by atoms with Gasteiger partial charge in [-0.15, -0.1) is 13.2 Å². The molecule has 4 heteroatoms. The van der Waals surface area contributed by atoms with Crippen LogP contribution in [0.15, 0.2) is 61.0 Å². The van der Waals surface area contributed by atoms with E-state index in [1.54, 1.807) is 0 Å². The van der Waals surface area contributed by atoms with Crippen molar-refractivity contribution in [1.29, 1.82) is 0 Å². The fourth-order valence-electron chi connectivity index (χ4n) is 7.43. The predicted octanol–water partition coefficient (Wildman–Crippen LogP) is 11.0. The lowest BCUT2D eigenvalue weighted by molar-refractivity contribution is 0.0756. The maximum atomic E-state index is 4.26. The van der Waals surface area contributed by atoms with Crippen LogP contribution in [0.25, 0.3) is 0 Å². The van der Waals surface area contributed by atoms with Crippen molar-refractivity contribution >= 4 is 0 Å². The molecule has 0 aromatic heterocycles. The highest BCUT2D eigenvalue weighted by atomic mass is 15.3. The maximum Gasteiger partial charge on any atom is 0.0879 e. The number of rotatable bonds is 10. The molecular weight excluding hydrogens is 548 g/mol. The zero-order valence-electron chi connectivity index (χ0n) is 31.2. The lowest BCUT2D eigenvalue weighted by atomic mass is 9.77. The third-order valence-corrected chi connectivity index (χ3v) is 10.5. The zero-order valence-corrected chi connectivity index (χ0v) is 31.2. The number of piperazine rings is 1. The highest BCUT2D eigenvalue weighted by Gasteiger charge is 2.37. The third-order valence-electron chi connectivity index (χ3n) is 10.5. The quantitative estimate of drug-likeness (QED) is 0.148. The molecule has 4 aliphatic rings. The second kappa shape index (κ2) is 24.4. The van der Waals surface area contributed by atoms with Gasteiger partial charge in [0.15, 0.2) is 0 Å². The molecule has 0 atom stereocenters. The monoisotopic (exact) mass is 625 g/mol. The maximum absolute atomic E-state index is 4.26. The molecule has 45 heavy (non-hydrogen) atoms. The van der Waals surface area contributed by atoms with Crippen molar-refractivity contribution in [2.75, 3.05) is 39.4 Å². The van der Waals surface area contributed by atoms with Gasteiger partial charge in [-0.3, -0.25) is 4.90 Å². The van der Waals surface area contributed by atoms with E-state index in [0.717, 1.165) is 24.0 Å². The van der Waals surface area contributed by atoms with E-state index < -0.39 is 0 Å². The normalized spacial score (nSPS) is 21.5. The van der Waals surface area contributed by atoms with Crippen LogP contribution in [0.5, 0.6) is 0 Å². The van der Waals surface area contributed by atoms with Crippen molar-refractivity contribution in [3.63, 3.8) is 0 Å². The molecule has 0 aromatic rings. The topological polar surface area (TPSA) is 21.8 Å². The number of hydrogen-bond acceptors (Lipinski definition) is 4. The van der Waals surface area contributed by atoms with E-state index in [0.29, 0.717) is 0 Å². The molecular formula is C41H76N4. The van der Waals surface area contributed by atoms with Crippen LogP contribution < -0.4 is 5.32 Å². The molecule has 0 aromatic carbocycles. The van der Waals surface area contributed by atoms with E-state index in [2.05, 4.69) is 93.1 Å². The van der Waals surface area contributed by atoms with Gasteiger partial charge >= 0.3 is 0 Å². The number of nitrogens with one attached hydrogen (secondary N) is 1. The Morgan fingerprint density at radius 3 is 1.69 bits per heavy atom. The van der Waals surface area contributed by atoms with Crippen molar-refractivity contribution in [3.8, 4) is 0 Å². The van der Waals surface area contributed by atoms with Gasteiger partial charge in [-0.25, -0.2) is 0 Å². The summed E-state index contributed by atoms with van der Waals surface area (Å²) in [6.45, 7) is 34.5. The number of allylic oxidation sites excluding steroid dienone is 5. The molecule has 1 saturated heterocycles. The first-order valence-electron chi connectivity index (χ1n) is 18.9. The summed E-state index contributed by atoms with van der Waals surface area (Å²) in [6.07, 6.45) is 28.5. The fraction of sp³-hybridized carbons (Fsp3) is 0.756. The van der Waals surface area contributed by atoms with Crippen LogP contribution in [0, 0.1) is 0 Å². The van der Waals surface area contributed by atoms with Gasteiger partial charge in [-0.05, 0) is 78.0 Å². The van der Waals surface area contributed by atoms with Crippen LogP contribution in [-0.2, 0) is 0 Å². The van der Waals surface area contributed by atoms with Crippen LogP contribution in [0.1, 0.15) is 151 Å². The highest BCUT2D eigenvalue weighted by molar-refractivity contribution is 5.34. The van der Waals surface area contributed by atoms with Crippen molar-refractivity contribution < 1.29 is 0 Å². The molecule has 3 saturated carbocycles. The molecule has 0 amide bonds. The first-order valence-corrected chi connectivity index (χ1v) is 18.9. The first-order chi connectivity index (χ1) is 21.8. The van der Waals surface area contributed by atoms with Gasteiger partial charge in [0.2, 0.25) is 0 Å². The summed E-state index contributed by atoms with van der Waals surface area (Å²) in [4.78, 5) is 7.88. The van der Waals surface area contributed by atoms with Gasteiger partial charge in [-0.1, -0.05) is 116 Å². The molecule has 1 heterocycles. The van der Waals surface area contributed by atoms with E-state index in [4.69, 9.17) is 0 Å². The van der Waals surface area contributed by atoms with Gasteiger partial charge in [0.1, 0.15) is 0 Å². The minimum absolute atomic E-state index is 0.236. The van der Waals surface area contributed by atoms with Crippen molar-refractivity contribution in [3.05, 3.63) is 61.0 Å². The summed E-state index contributed by atoms with van der Waals surface area (Å²) in [5, 5.41) is 3.46. The molecule has 260 valence electrons. The molecule has 0 unspecified atom stereocenters. The number of hydrogen-bond donors (Lipinski definition) is 1. The second-order valence-electron chi connectivity index (χ2n) is 13.9. The molecule has 4 fully saturated rings. The van der Waals surface area contributed by atoms with Gasteiger partial charge < -0.3 is 15.1 Å². The standard InChI is InChI=1S/C21H36N2.C12H24N2.C6H12.C2H4/c1-8-19(7)15-20(17(3)4)23(16-22-18(5)6)21(9-2)13-11-10-12-14-21;1-2-13-8-10-14(11-9-13)12-6-4-3-5-7-12;1-2-4-6-5-3-1;1-2/h8,15,22H,3,5,9-14,16H2,1-2,4,6-7H3;12H,2-11H2,1H3;1-6H2;1-2H2/b19-8+,20-15-;;;. The average Bonchev–Trinajstić information content (AvgIpc) is 3.10. The van der Waals surface area contributed by atoms with Crippen molar-refractivity contribution in [2.24, 2.45) is 0 Å². The summed E-state index contributed by atoms with van der Waals surface area (Å²) in [5.41, 5.74) is 4.93. The molecule has 0 spiro atoms. The highest BCUT2D eigenvalue weighted by Crippen LogP contribution is 2.39. The summed E-state index contributed by atoms with van der Waals surface area (Å²) in [6, 6.07) is 0.933. The molecule has 1 aliphatic heterocycles. The zero-order chi connectivity index (χ0) is 33.5. The fourth-order valence-corrected chi connectivity index (χ4v) is 7.43. The van der Waals surface area contributed by atoms with Gasteiger partial charge in [-0.2, -0.15) is 0 Å². The summed E-state index contributed by atoms with van der Waals surface area (Å²) < 4.78 is 0. The Bertz CT molecular complexity index is 835. The van der Waals surface area contributed by atoms with Crippen LogP contribution in [0.2, 0.25) is 0 Å². The minimum atomic E-state index is 0.236. The average molecular weight is 625 g/mol. The third kappa shape index (κ3) is 15.6. The Labute approximate surface area is 282 Å². The predicted molar refractivity (Wildman–Crippen MR) is 203 cm³/mol. The van der Waals surface area contributed by atoms with Crippen LogP contribution in [0.3, 0.4) is 0 Å². The van der Waals surface area contributed by atoms with E-state index in [1.807, 2.05) is 6.92 Å². The Balaban J connectivity index is 0.000000384. The Kier molecular flexibility index (Phi) is 22.4. The van der Waals surface area contributed by atoms with Crippen LogP contribution in [0.4, 0.5) is 0 Å². The number of nitrogens with zero attached hydrogens (tertiary/aromatic N) is 3. The Morgan fingerprint density at radius 2 is 1.27 bits per heavy atom. The smallest absolute Gasteiger partial charge is 0.0879 e. The SMILES string of the molecule is C1CCCCC1.C=C.C=C(C)NCN(/C(=C\C(C)=C\C)C(=C)C)C1(CC)CCCCC1.CCN1CCN(C2CCCCC2)CC1. The summed E-state index contributed by atoms with van der Waals surface area (Å²) >= 11 is 0. The van der Waals surface area contributed by atoms with E-state index in [-0.39, 0.29) is 5.54 Å². The van der Waals surface area contributed by atoms with Gasteiger partial charge in [0, 0.05) is 49.2 Å². The minimum Gasteiger partial charge on any atom is -0.372 e. The summed E-state index contributed by atoms with van der Waals surface area (Å²) in [5.74, 6) is 0. The molecule has 0 radical (unpaired) electrons. The molecule has 1 N–H and O–H groups in total. The lowest BCUT2D eigenvalue weighted by Gasteiger charge is -2.49. The second-order valence-corrected chi connectivity index (χ2v) is 13.9. The molecule has 3 aliphatic carbocycles. The van der Waals surface area contributed by atoms with Crippen LogP contribution in [-0.4, -0.2) is 65.7 Å². The Hall–Kier alpha value is -1.78. The van der Waals surface area contributed by atoms with E-state index in [1.165, 1.54) is 153 Å². The molecule has 4 rings (SSSR count). The first kappa shape index (κ1) is 41.2. The van der Waals surface area contributed by atoms with Crippen molar-refractivity contribution in [1.82, 2.24) is 20.0 Å². The van der Waals surface area contributed by atoms with Gasteiger partial charge in [0.05, 0.1) is 6.67 Å². The lowest BCUT2D eigenvalue weighted by Crippen LogP contribution is -2.52. The largest absolute Gasteiger partial charge is 0.372 e. The van der Waals surface area contributed by atoms with Crippen LogP contribution >= 0.6 is 0 Å². The van der Waals surface area contributed by atoms with Gasteiger partial charge in [0.25, 0.3) is 0 Å². The molecule has 0 bridgehead atoms. The van der Waals surface area contributed by atoms with Crippen molar-refractivity contribution in [2.45, 2.75) is 162 Å². The van der Waals surface area contributed by atoms with E-state index >= 15 is 0 Å². The number of likely N-dealkylation sites (N-methyl/N-ethyl adjacent to an activating group) is 1.